The van der Waals surface area contributed by atoms with Gasteiger partial charge < -0.3 is 14.8 Å². The number of imidazole rings is 1. The molecule has 1 aromatic heterocycles. The number of rotatable bonds is 5. The third-order valence-corrected chi connectivity index (χ3v) is 7.23. The second-order valence-corrected chi connectivity index (χ2v) is 9.35. The highest BCUT2D eigenvalue weighted by Gasteiger charge is 2.33. The molecule has 1 saturated heterocycles. The number of likely N-dealkylation sites (tertiary alicyclic amines) is 1. The second-order valence-electron chi connectivity index (χ2n) is 9.35. The standard InChI is InChI=1S/C24H36N4O2/c1-4-13-26(3)23(29)18-6-8-19(9-7-18)27-14-11-20(12-15-27)28-22-16-17(2)5-10-21(22)25-24(28)30/h5,10,16,18-20H,4,6-9,11-15H2,1-3H3,(H,25,30). The van der Waals surface area contributed by atoms with E-state index in [4.69, 9.17) is 0 Å². The zero-order valence-electron chi connectivity index (χ0n) is 18.7. The number of benzene rings is 1. The number of hydrogen-bond donors (Lipinski definition) is 1. The number of amides is 1. The lowest BCUT2D eigenvalue weighted by Crippen LogP contribution is -2.45. The van der Waals surface area contributed by atoms with Crippen molar-refractivity contribution in [3.8, 4) is 0 Å². The largest absolute Gasteiger partial charge is 0.346 e. The Kier molecular flexibility index (Phi) is 6.32. The Morgan fingerprint density at radius 2 is 1.80 bits per heavy atom. The van der Waals surface area contributed by atoms with Crippen molar-refractivity contribution in [2.45, 2.75) is 70.9 Å². The van der Waals surface area contributed by atoms with Gasteiger partial charge in [0.25, 0.3) is 0 Å². The average molecular weight is 413 g/mol. The first-order chi connectivity index (χ1) is 14.5. The van der Waals surface area contributed by atoms with E-state index in [0.717, 1.165) is 75.6 Å². The van der Waals surface area contributed by atoms with Gasteiger partial charge in [-0.3, -0.25) is 9.36 Å². The van der Waals surface area contributed by atoms with E-state index in [1.807, 2.05) is 28.6 Å². The van der Waals surface area contributed by atoms with E-state index < -0.39 is 0 Å². The molecule has 2 heterocycles. The van der Waals surface area contributed by atoms with Crippen LogP contribution in [0.1, 0.15) is 63.5 Å². The molecule has 0 radical (unpaired) electrons. The molecule has 0 atom stereocenters. The number of carbonyl (C=O) groups is 1. The molecule has 1 saturated carbocycles. The van der Waals surface area contributed by atoms with E-state index in [0.29, 0.717) is 11.9 Å². The van der Waals surface area contributed by atoms with E-state index in [9.17, 15) is 9.59 Å². The van der Waals surface area contributed by atoms with Gasteiger partial charge >= 0.3 is 5.69 Å². The van der Waals surface area contributed by atoms with Crippen LogP contribution in [0.25, 0.3) is 11.0 Å². The number of piperidine rings is 1. The van der Waals surface area contributed by atoms with Crippen LogP contribution in [0, 0.1) is 12.8 Å². The van der Waals surface area contributed by atoms with E-state index in [1.165, 1.54) is 5.56 Å². The minimum absolute atomic E-state index is 0.0178. The number of carbonyl (C=O) groups excluding carboxylic acids is 1. The summed E-state index contributed by atoms with van der Waals surface area (Å²) in [6.07, 6.45) is 7.31. The third kappa shape index (κ3) is 4.20. The van der Waals surface area contributed by atoms with Crippen LogP contribution in [0.15, 0.2) is 23.0 Å². The van der Waals surface area contributed by atoms with Crippen LogP contribution in [0.4, 0.5) is 0 Å². The molecule has 4 rings (SSSR count). The second kappa shape index (κ2) is 8.96. The highest BCUT2D eigenvalue weighted by atomic mass is 16.2. The molecule has 1 aliphatic carbocycles. The summed E-state index contributed by atoms with van der Waals surface area (Å²) >= 11 is 0. The molecule has 1 amide bonds. The summed E-state index contributed by atoms with van der Waals surface area (Å²) in [6, 6.07) is 7.04. The summed E-state index contributed by atoms with van der Waals surface area (Å²) in [6.45, 7) is 7.13. The Balaban J connectivity index is 1.34. The Morgan fingerprint density at radius 3 is 2.47 bits per heavy atom. The van der Waals surface area contributed by atoms with Gasteiger partial charge in [0.1, 0.15) is 0 Å². The van der Waals surface area contributed by atoms with Crippen LogP contribution in [0.5, 0.6) is 0 Å². The Bertz CT molecular complexity index is 930. The molecule has 164 valence electrons. The lowest BCUT2D eigenvalue weighted by Gasteiger charge is -2.41. The van der Waals surface area contributed by atoms with Gasteiger partial charge in [-0.05, 0) is 69.6 Å². The molecular weight excluding hydrogens is 376 g/mol. The summed E-state index contributed by atoms with van der Waals surface area (Å²) in [7, 11) is 1.94. The van der Waals surface area contributed by atoms with Crippen molar-refractivity contribution >= 4 is 16.9 Å². The number of fused-ring (bicyclic) bond motifs is 1. The maximum absolute atomic E-state index is 12.6. The van der Waals surface area contributed by atoms with Crippen LogP contribution in [0.2, 0.25) is 0 Å². The van der Waals surface area contributed by atoms with Crippen molar-refractivity contribution in [1.82, 2.24) is 19.4 Å². The quantitative estimate of drug-likeness (QED) is 0.814. The van der Waals surface area contributed by atoms with Crippen molar-refractivity contribution in [2.75, 3.05) is 26.7 Å². The number of nitrogens with one attached hydrogen (secondary N) is 1. The van der Waals surface area contributed by atoms with E-state index in [1.54, 1.807) is 0 Å². The predicted molar refractivity (Wildman–Crippen MR) is 121 cm³/mol. The maximum Gasteiger partial charge on any atom is 0.326 e. The van der Waals surface area contributed by atoms with Crippen LogP contribution in [-0.4, -0.2) is 58.0 Å². The topological polar surface area (TPSA) is 61.3 Å². The number of aryl methyl sites for hydroxylation is 1. The molecule has 6 nitrogen and oxygen atoms in total. The van der Waals surface area contributed by atoms with Gasteiger partial charge in [0.2, 0.25) is 5.91 Å². The first kappa shape index (κ1) is 21.2. The van der Waals surface area contributed by atoms with E-state index in [2.05, 4.69) is 29.8 Å². The molecule has 1 aromatic carbocycles. The van der Waals surface area contributed by atoms with Crippen LogP contribution in [0.3, 0.4) is 0 Å². The molecule has 1 N–H and O–H groups in total. The Hall–Kier alpha value is -2.08. The first-order valence-corrected chi connectivity index (χ1v) is 11.7. The van der Waals surface area contributed by atoms with Gasteiger partial charge in [-0.2, -0.15) is 0 Å². The minimum atomic E-state index is 0.0178. The summed E-state index contributed by atoms with van der Waals surface area (Å²) in [5.41, 5.74) is 3.17. The highest BCUT2D eigenvalue weighted by Crippen LogP contribution is 2.33. The van der Waals surface area contributed by atoms with Gasteiger partial charge in [-0.15, -0.1) is 0 Å². The highest BCUT2D eigenvalue weighted by molar-refractivity contribution is 5.78. The fourth-order valence-electron chi connectivity index (χ4n) is 5.55. The molecule has 0 spiro atoms. The predicted octanol–water partition coefficient (Wildman–Crippen LogP) is 3.70. The third-order valence-electron chi connectivity index (χ3n) is 7.23. The molecule has 0 bridgehead atoms. The molecule has 2 fully saturated rings. The van der Waals surface area contributed by atoms with Crippen molar-refractivity contribution in [1.29, 1.82) is 0 Å². The summed E-state index contributed by atoms with van der Waals surface area (Å²) < 4.78 is 1.98. The normalized spacial score (nSPS) is 23.7. The maximum atomic E-state index is 12.6. The van der Waals surface area contributed by atoms with Gasteiger partial charge in [-0.25, -0.2) is 4.79 Å². The summed E-state index contributed by atoms with van der Waals surface area (Å²) in [4.78, 5) is 32.7. The zero-order valence-corrected chi connectivity index (χ0v) is 18.7. The minimum Gasteiger partial charge on any atom is -0.346 e. The monoisotopic (exact) mass is 412 g/mol. The number of nitrogens with zero attached hydrogens (tertiary/aromatic N) is 3. The first-order valence-electron chi connectivity index (χ1n) is 11.7. The molecular formula is C24H36N4O2. The lowest BCUT2D eigenvalue weighted by molar-refractivity contribution is -0.135. The van der Waals surface area contributed by atoms with E-state index >= 15 is 0 Å². The lowest BCUT2D eigenvalue weighted by atomic mass is 9.83. The summed E-state index contributed by atoms with van der Waals surface area (Å²) in [5.74, 6) is 0.548. The van der Waals surface area contributed by atoms with Crippen LogP contribution < -0.4 is 5.69 Å². The molecule has 0 unspecified atom stereocenters. The number of hydrogen-bond acceptors (Lipinski definition) is 3. The van der Waals surface area contributed by atoms with Crippen LogP contribution in [-0.2, 0) is 4.79 Å². The smallest absolute Gasteiger partial charge is 0.326 e. The number of H-pyrrole nitrogens is 1. The van der Waals surface area contributed by atoms with Gasteiger partial charge in [0.15, 0.2) is 0 Å². The number of aromatic nitrogens is 2. The molecule has 30 heavy (non-hydrogen) atoms. The molecule has 2 aliphatic rings. The van der Waals surface area contributed by atoms with Gasteiger partial charge in [-0.1, -0.05) is 13.0 Å². The molecule has 2 aromatic rings. The fourth-order valence-corrected chi connectivity index (χ4v) is 5.55. The number of aromatic amines is 1. The Morgan fingerprint density at radius 1 is 1.10 bits per heavy atom. The average Bonchev–Trinajstić information content (AvgIpc) is 3.08. The van der Waals surface area contributed by atoms with Crippen LogP contribution >= 0.6 is 0 Å². The van der Waals surface area contributed by atoms with Gasteiger partial charge in [0, 0.05) is 44.7 Å². The van der Waals surface area contributed by atoms with E-state index in [-0.39, 0.29) is 17.6 Å². The van der Waals surface area contributed by atoms with Crippen molar-refractivity contribution in [3.63, 3.8) is 0 Å². The van der Waals surface area contributed by atoms with Crippen molar-refractivity contribution in [2.24, 2.45) is 5.92 Å². The fraction of sp³-hybridized carbons (Fsp3) is 0.667. The molecule has 1 aliphatic heterocycles. The van der Waals surface area contributed by atoms with Crippen molar-refractivity contribution in [3.05, 3.63) is 34.2 Å². The van der Waals surface area contributed by atoms with Crippen molar-refractivity contribution < 1.29 is 4.79 Å². The molecule has 6 heteroatoms. The summed E-state index contributed by atoms with van der Waals surface area (Å²) in [5, 5.41) is 0. The SMILES string of the molecule is CCCN(C)C(=O)C1CCC(N2CCC(n3c(=O)[nH]c4ccc(C)cc43)CC2)CC1. The zero-order chi connectivity index (χ0) is 21.3. The van der Waals surface area contributed by atoms with Gasteiger partial charge in [0.05, 0.1) is 11.0 Å². The Labute approximate surface area is 179 Å².